The molecule has 6 heteroatoms. The number of nitrogens with zero attached hydrogens (tertiary/aromatic N) is 1. The molecule has 1 N–H and O–H groups in total. The molecule has 0 saturated carbocycles. The third-order valence-corrected chi connectivity index (χ3v) is 6.55. The number of para-hydroxylation sites is 1. The van der Waals surface area contributed by atoms with E-state index in [1.165, 1.54) is 5.56 Å². The number of carboxylic acid groups (broad SMARTS) is 1. The number of rotatable bonds is 10. The maximum absolute atomic E-state index is 11.5. The molecule has 0 spiro atoms. The lowest BCUT2D eigenvalue weighted by molar-refractivity contribution is -0.152. The van der Waals surface area contributed by atoms with Crippen molar-refractivity contribution in [2.24, 2.45) is 7.05 Å². The van der Waals surface area contributed by atoms with Crippen LogP contribution in [0.15, 0.2) is 66.8 Å². The van der Waals surface area contributed by atoms with Crippen molar-refractivity contribution in [1.82, 2.24) is 4.57 Å². The van der Waals surface area contributed by atoms with Gasteiger partial charge in [-0.1, -0.05) is 49.4 Å². The second-order valence-electron chi connectivity index (χ2n) is 9.37. The highest BCUT2D eigenvalue weighted by atomic mass is 35.5. The highest BCUT2D eigenvalue weighted by Crippen LogP contribution is 2.33. The van der Waals surface area contributed by atoms with Crippen molar-refractivity contribution >= 4 is 28.5 Å². The van der Waals surface area contributed by atoms with Crippen molar-refractivity contribution in [3.63, 3.8) is 0 Å². The van der Waals surface area contributed by atoms with E-state index in [-0.39, 0.29) is 5.38 Å². The van der Waals surface area contributed by atoms with E-state index >= 15 is 0 Å². The number of benzene rings is 2. The van der Waals surface area contributed by atoms with Crippen LogP contribution in [0.25, 0.3) is 10.9 Å². The molecule has 3 aromatic rings. The molecule has 0 aliphatic rings. The third-order valence-electron chi connectivity index (χ3n) is 6.23. The first-order valence-corrected chi connectivity index (χ1v) is 13.0. The number of carbonyl (C=O) groups is 1. The van der Waals surface area contributed by atoms with Crippen molar-refractivity contribution in [3.8, 4) is 11.5 Å². The van der Waals surface area contributed by atoms with Gasteiger partial charge >= 0.3 is 5.97 Å². The molecule has 1 heterocycles. The van der Waals surface area contributed by atoms with Crippen molar-refractivity contribution in [1.29, 1.82) is 0 Å². The van der Waals surface area contributed by atoms with Crippen LogP contribution in [-0.2, 0) is 18.3 Å². The molecule has 0 saturated heterocycles. The van der Waals surface area contributed by atoms with E-state index in [2.05, 4.69) is 36.6 Å². The van der Waals surface area contributed by atoms with E-state index in [1.54, 1.807) is 21.0 Å². The summed E-state index contributed by atoms with van der Waals surface area (Å²) in [7, 11) is 3.71. The lowest BCUT2D eigenvalue weighted by Gasteiger charge is -2.23. The second kappa shape index (κ2) is 13.9. The SMILES string of the molecule is C/C=C/CC(Cl)/C=C\CC.COc1ccc2c(c1)c(Cc1ccccc1OC(C)(C)C(=O)O)c(C)n2C. The van der Waals surface area contributed by atoms with Crippen molar-refractivity contribution in [2.45, 2.75) is 64.9 Å². The molecule has 0 bridgehead atoms. The average Bonchev–Trinajstić information content (AvgIpc) is 3.11. The quantitative estimate of drug-likeness (QED) is 0.216. The lowest BCUT2D eigenvalue weighted by atomic mass is 10.0. The average molecular weight is 526 g/mol. The highest BCUT2D eigenvalue weighted by molar-refractivity contribution is 6.21. The number of ether oxygens (including phenoxy) is 2. The molecule has 3 rings (SSSR count). The third kappa shape index (κ3) is 8.16. The zero-order chi connectivity index (χ0) is 27.6. The molecule has 0 aliphatic heterocycles. The predicted molar refractivity (Wildman–Crippen MR) is 154 cm³/mol. The Labute approximate surface area is 226 Å². The van der Waals surface area contributed by atoms with E-state index in [4.69, 9.17) is 21.1 Å². The number of hydrogen-bond acceptors (Lipinski definition) is 3. The number of aromatic nitrogens is 1. The summed E-state index contributed by atoms with van der Waals surface area (Å²) < 4.78 is 13.4. The molecular weight excluding hydrogens is 486 g/mol. The van der Waals surface area contributed by atoms with E-state index in [0.29, 0.717) is 12.2 Å². The summed E-state index contributed by atoms with van der Waals surface area (Å²) >= 11 is 5.90. The number of aliphatic carboxylic acids is 1. The van der Waals surface area contributed by atoms with Gasteiger partial charge in [0.1, 0.15) is 11.5 Å². The Balaban J connectivity index is 0.000000410. The van der Waals surface area contributed by atoms with Crippen molar-refractivity contribution in [2.75, 3.05) is 7.11 Å². The largest absolute Gasteiger partial charge is 0.497 e. The number of fused-ring (bicyclic) bond motifs is 1. The van der Waals surface area contributed by atoms with Crippen LogP contribution in [0, 0.1) is 6.92 Å². The molecule has 2 aromatic carbocycles. The van der Waals surface area contributed by atoms with E-state index in [0.717, 1.165) is 40.8 Å². The molecule has 200 valence electrons. The van der Waals surface area contributed by atoms with Crippen LogP contribution in [-0.4, -0.2) is 33.7 Å². The molecule has 37 heavy (non-hydrogen) atoms. The van der Waals surface area contributed by atoms with Crippen molar-refractivity contribution < 1.29 is 19.4 Å². The Morgan fingerprint density at radius 3 is 2.51 bits per heavy atom. The molecule has 0 fully saturated rings. The normalized spacial score (nSPS) is 12.5. The lowest BCUT2D eigenvalue weighted by Crippen LogP contribution is -2.38. The molecule has 0 aliphatic carbocycles. The Bertz CT molecular complexity index is 1240. The van der Waals surface area contributed by atoms with E-state index < -0.39 is 11.6 Å². The molecule has 5 nitrogen and oxygen atoms in total. The number of halogens is 1. The van der Waals surface area contributed by atoms with E-state index in [1.807, 2.05) is 62.5 Å². The maximum atomic E-state index is 11.5. The highest BCUT2D eigenvalue weighted by Gasteiger charge is 2.30. The summed E-state index contributed by atoms with van der Waals surface area (Å²) in [6.45, 7) is 9.32. The van der Waals surface area contributed by atoms with Gasteiger partial charge in [-0.05, 0) is 75.9 Å². The number of alkyl halides is 1. The maximum Gasteiger partial charge on any atom is 0.347 e. The van der Waals surface area contributed by atoms with Gasteiger partial charge in [0, 0.05) is 30.1 Å². The summed E-state index contributed by atoms with van der Waals surface area (Å²) in [5.41, 5.74) is 3.12. The van der Waals surface area contributed by atoms with Crippen molar-refractivity contribution in [3.05, 3.63) is 83.6 Å². The molecule has 0 amide bonds. The van der Waals surface area contributed by atoms with Crippen LogP contribution in [0.2, 0.25) is 0 Å². The van der Waals surface area contributed by atoms with Crippen LogP contribution >= 0.6 is 11.6 Å². The molecule has 1 atom stereocenters. The first-order valence-electron chi connectivity index (χ1n) is 12.6. The summed E-state index contributed by atoms with van der Waals surface area (Å²) in [6, 6.07) is 13.7. The van der Waals surface area contributed by atoms with Gasteiger partial charge in [-0.2, -0.15) is 0 Å². The molecule has 1 aromatic heterocycles. The fraction of sp³-hybridized carbons (Fsp3) is 0.387. The Morgan fingerprint density at radius 2 is 1.89 bits per heavy atom. The van der Waals surface area contributed by atoms with Gasteiger partial charge in [-0.25, -0.2) is 4.79 Å². The number of allylic oxidation sites excluding steroid dienone is 4. The van der Waals surface area contributed by atoms with E-state index in [9.17, 15) is 9.90 Å². The summed E-state index contributed by atoms with van der Waals surface area (Å²) in [4.78, 5) is 11.5. The van der Waals surface area contributed by atoms with Crippen LogP contribution in [0.3, 0.4) is 0 Å². The Hall–Kier alpha value is -3.18. The number of carboxylic acids is 1. The number of hydrogen-bond donors (Lipinski definition) is 1. The summed E-state index contributed by atoms with van der Waals surface area (Å²) in [6.07, 6.45) is 10.9. The fourth-order valence-corrected chi connectivity index (χ4v) is 4.07. The smallest absolute Gasteiger partial charge is 0.347 e. The van der Waals surface area contributed by atoms with Gasteiger partial charge < -0.3 is 19.1 Å². The van der Waals surface area contributed by atoms with Crippen LogP contribution < -0.4 is 9.47 Å². The summed E-state index contributed by atoms with van der Waals surface area (Å²) in [5, 5.41) is 10.7. The van der Waals surface area contributed by atoms with Gasteiger partial charge in [0.2, 0.25) is 0 Å². The fourth-order valence-electron chi connectivity index (χ4n) is 3.86. The first kappa shape index (κ1) is 30.0. The Kier molecular flexibility index (Phi) is 11.3. The second-order valence-corrected chi connectivity index (χ2v) is 9.93. The van der Waals surface area contributed by atoms with Gasteiger partial charge in [0.05, 0.1) is 12.5 Å². The van der Waals surface area contributed by atoms with Gasteiger partial charge in [0.15, 0.2) is 5.60 Å². The minimum absolute atomic E-state index is 0.177. The van der Waals surface area contributed by atoms with Gasteiger partial charge in [-0.3, -0.25) is 0 Å². The topological polar surface area (TPSA) is 60.7 Å². The first-order chi connectivity index (χ1) is 17.5. The minimum Gasteiger partial charge on any atom is -0.497 e. The molecular formula is C31H40ClNO4. The zero-order valence-electron chi connectivity index (χ0n) is 23.0. The summed E-state index contributed by atoms with van der Waals surface area (Å²) in [5.74, 6) is 0.401. The number of aryl methyl sites for hydroxylation is 1. The molecule has 1 unspecified atom stereocenters. The predicted octanol–water partition coefficient (Wildman–Crippen LogP) is 7.85. The molecule has 0 radical (unpaired) electrons. The number of methoxy groups -OCH3 is 1. The van der Waals surface area contributed by atoms with Gasteiger partial charge in [-0.15, -0.1) is 11.6 Å². The van der Waals surface area contributed by atoms with Crippen LogP contribution in [0.1, 0.15) is 57.4 Å². The Morgan fingerprint density at radius 1 is 1.19 bits per heavy atom. The van der Waals surface area contributed by atoms with Gasteiger partial charge in [0.25, 0.3) is 0 Å². The van der Waals surface area contributed by atoms with Crippen LogP contribution in [0.4, 0.5) is 0 Å². The monoisotopic (exact) mass is 525 g/mol. The van der Waals surface area contributed by atoms with Crippen LogP contribution in [0.5, 0.6) is 11.5 Å². The minimum atomic E-state index is -1.30. The standard InChI is InChI=1S/C22H25NO4.C9H15Cl/c1-14-17(18-13-16(26-5)10-11-19(18)23(14)4)12-15-8-6-7-9-20(15)27-22(2,3)21(24)25;1-3-5-7-9(10)8-6-4-2/h6-11,13H,12H2,1-5H3,(H,24,25);3,5-6,8-9H,4,7H2,1-2H3/b;5-3+,8-6-. The zero-order valence-corrected chi connectivity index (χ0v) is 23.8.